The van der Waals surface area contributed by atoms with Crippen molar-refractivity contribution in [2.75, 3.05) is 13.7 Å². The highest BCUT2D eigenvalue weighted by Gasteiger charge is 2.46. The van der Waals surface area contributed by atoms with Gasteiger partial charge in [0.15, 0.2) is 0 Å². The van der Waals surface area contributed by atoms with Crippen LogP contribution in [-0.2, 0) is 9.53 Å². The molecule has 0 radical (unpaired) electrons. The molecule has 1 aliphatic rings. The van der Waals surface area contributed by atoms with Crippen molar-refractivity contribution >= 4 is 5.91 Å². The molecule has 23 heavy (non-hydrogen) atoms. The number of hydrogen-bond donors (Lipinski definition) is 4. The number of aliphatic hydroxyl groups is 3. The number of ether oxygens (including phenoxy) is 3. The fourth-order valence-electron chi connectivity index (χ4n) is 2.36. The normalized spacial score (nSPS) is 30.6. The predicted octanol–water partition coefficient (Wildman–Crippen LogP) is -0.982. The minimum atomic E-state index is -1.34. The molecule has 1 aromatic rings. The van der Waals surface area contributed by atoms with Crippen LogP contribution in [0.5, 0.6) is 11.5 Å². The maximum Gasteiger partial charge on any atom is 0.223 e. The zero-order chi connectivity index (χ0) is 17.0. The fraction of sp³-hybridized carbons (Fsp3) is 0.533. The summed E-state index contributed by atoms with van der Waals surface area (Å²) in [7, 11) is 1.54. The Hall–Kier alpha value is -1.87. The summed E-state index contributed by atoms with van der Waals surface area (Å²) in [4.78, 5) is 11.3. The monoisotopic (exact) mass is 327 g/mol. The minimum absolute atomic E-state index is 0.407. The number of amides is 1. The van der Waals surface area contributed by atoms with Gasteiger partial charge in [0.25, 0.3) is 0 Å². The third kappa shape index (κ3) is 4.11. The van der Waals surface area contributed by atoms with E-state index in [0.29, 0.717) is 11.5 Å². The van der Waals surface area contributed by atoms with Crippen LogP contribution in [0.2, 0.25) is 0 Å². The van der Waals surface area contributed by atoms with Crippen molar-refractivity contribution in [2.24, 2.45) is 0 Å². The number of nitrogens with one attached hydrogen (secondary N) is 1. The second-order valence-corrected chi connectivity index (χ2v) is 5.23. The van der Waals surface area contributed by atoms with Crippen molar-refractivity contribution < 1.29 is 34.3 Å². The Bertz CT molecular complexity index is 521. The van der Waals surface area contributed by atoms with Crippen LogP contribution in [0.4, 0.5) is 0 Å². The van der Waals surface area contributed by atoms with Gasteiger partial charge in [0.1, 0.15) is 35.9 Å². The summed E-state index contributed by atoms with van der Waals surface area (Å²) >= 11 is 0. The smallest absolute Gasteiger partial charge is 0.223 e. The molecule has 1 aromatic carbocycles. The van der Waals surface area contributed by atoms with E-state index in [2.05, 4.69) is 5.32 Å². The number of methoxy groups -OCH3 is 1. The van der Waals surface area contributed by atoms with E-state index in [9.17, 15) is 20.1 Å². The van der Waals surface area contributed by atoms with Crippen molar-refractivity contribution in [2.45, 2.75) is 37.6 Å². The molecule has 4 N–H and O–H groups in total. The van der Waals surface area contributed by atoms with Gasteiger partial charge in [0, 0.05) is 6.92 Å². The fourth-order valence-corrected chi connectivity index (χ4v) is 2.36. The Labute approximate surface area is 133 Å². The molecule has 1 saturated heterocycles. The summed E-state index contributed by atoms with van der Waals surface area (Å²) in [6, 6.07) is 5.66. The van der Waals surface area contributed by atoms with Gasteiger partial charge in [0.05, 0.1) is 13.7 Å². The van der Waals surface area contributed by atoms with Crippen LogP contribution in [0.1, 0.15) is 6.92 Å². The third-order valence-electron chi connectivity index (χ3n) is 3.56. The average molecular weight is 327 g/mol. The zero-order valence-electron chi connectivity index (χ0n) is 12.9. The lowest BCUT2D eigenvalue weighted by Crippen LogP contribution is -2.65. The first-order chi connectivity index (χ1) is 11.0. The summed E-state index contributed by atoms with van der Waals surface area (Å²) in [6.07, 6.45) is -4.76. The molecular weight excluding hydrogens is 306 g/mol. The summed E-state index contributed by atoms with van der Waals surface area (Å²) < 4.78 is 16.2. The maximum absolute atomic E-state index is 11.3. The molecule has 8 nitrogen and oxygen atoms in total. The van der Waals surface area contributed by atoms with Gasteiger partial charge in [-0.3, -0.25) is 4.79 Å². The van der Waals surface area contributed by atoms with E-state index in [4.69, 9.17) is 14.2 Å². The Balaban J connectivity index is 2.17. The largest absolute Gasteiger partial charge is 0.497 e. The highest BCUT2D eigenvalue weighted by molar-refractivity contribution is 5.73. The first-order valence-electron chi connectivity index (χ1n) is 7.16. The van der Waals surface area contributed by atoms with E-state index < -0.39 is 43.2 Å². The van der Waals surface area contributed by atoms with Crippen LogP contribution < -0.4 is 14.8 Å². The van der Waals surface area contributed by atoms with Crippen LogP contribution >= 0.6 is 0 Å². The number of carbonyl (C=O) groups excluding carboxylic acids is 1. The van der Waals surface area contributed by atoms with Gasteiger partial charge in [-0.05, 0) is 24.3 Å². The number of aliphatic hydroxyl groups excluding tert-OH is 3. The van der Waals surface area contributed by atoms with E-state index >= 15 is 0 Å². The van der Waals surface area contributed by atoms with Gasteiger partial charge in [-0.25, -0.2) is 0 Å². The van der Waals surface area contributed by atoms with Gasteiger partial charge in [0.2, 0.25) is 12.2 Å². The molecular formula is C15H21NO7. The van der Waals surface area contributed by atoms with E-state index in [1.165, 1.54) is 14.0 Å². The summed E-state index contributed by atoms with van der Waals surface area (Å²) in [5, 5.41) is 31.8. The number of carbonyl (C=O) groups is 1. The third-order valence-corrected chi connectivity index (χ3v) is 3.56. The summed E-state index contributed by atoms with van der Waals surface area (Å²) in [5.41, 5.74) is 0. The van der Waals surface area contributed by atoms with Gasteiger partial charge in [-0.1, -0.05) is 0 Å². The van der Waals surface area contributed by atoms with Crippen LogP contribution in [0.3, 0.4) is 0 Å². The van der Waals surface area contributed by atoms with Crippen molar-refractivity contribution in [3.05, 3.63) is 24.3 Å². The van der Waals surface area contributed by atoms with Crippen LogP contribution in [0, 0.1) is 0 Å². The van der Waals surface area contributed by atoms with Gasteiger partial charge in [-0.2, -0.15) is 0 Å². The van der Waals surface area contributed by atoms with Gasteiger partial charge < -0.3 is 34.8 Å². The first kappa shape index (κ1) is 17.5. The summed E-state index contributed by atoms with van der Waals surface area (Å²) in [6.45, 7) is 0.787. The topological polar surface area (TPSA) is 117 Å². The van der Waals surface area contributed by atoms with Crippen molar-refractivity contribution in [1.29, 1.82) is 0 Å². The van der Waals surface area contributed by atoms with Gasteiger partial charge >= 0.3 is 0 Å². The SMILES string of the molecule is COc1ccc(O[C@H]2O[C@@H](CO)[C@@H](O)[C@H](O)[C@H]2NC(C)=O)cc1. The van der Waals surface area contributed by atoms with Gasteiger partial charge in [-0.15, -0.1) is 0 Å². The van der Waals surface area contributed by atoms with Crippen molar-refractivity contribution in [1.82, 2.24) is 5.32 Å². The quantitative estimate of drug-likeness (QED) is 0.549. The highest BCUT2D eigenvalue weighted by Crippen LogP contribution is 2.25. The highest BCUT2D eigenvalue weighted by atomic mass is 16.7. The molecule has 1 amide bonds. The average Bonchev–Trinajstić information content (AvgIpc) is 2.54. The Morgan fingerprint density at radius 2 is 1.83 bits per heavy atom. The van der Waals surface area contributed by atoms with Crippen molar-refractivity contribution in [3.63, 3.8) is 0 Å². The Morgan fingerprint density at radius 3 is 2.35 bits per heavy atom. The molecule has 0 spiro atoms. The molecule has 0 saturated carbocycles. The number of rotatable bonds is 5. The van der Waals surface area contributed by atoms with Crippen LogP contribution in [-0.4, -0.2) is 65.6 Å². The lowest BCUT2D eigenvalue weighted by atomic mass is 9.97. The zero-order valence-corrected chi connectivity index (χ0v) is 12.9. The standard InChI is InChI=1S/C15H21NO7/c1-8(18)16-12-14(20)13(19)11(7-17)23-15(12)22-10-5-3-9(21-2)4-6-10/h3-6,11-15,17,19-20H,7H2,1-2H3,(H,16,18)/t11-,12+,13+,14+,15-/m0/s1. The predicted molar refractivity (Wildman–Crippen MR) is 79.0 cm³/mol. The molecule has 8 heteroatoms. The maximum atomic E-state index is 11.3. The molecule has 0 bridgehead atoms. The summed E-state index contributed by atoms with van der Waals surface area (Å²) in [5.74, 6) is 0.658. The van der Waals surface area contributed by atoms with E-state index in [1.807, 2.05) is 0 Å². The number of benzene rings is 1. The van der Waals surface area contributed by atoms with E-state index in [0.717, 1.165) is 0 Å². The first-order valence-corrected chi connectivity index (χ1v) is 7.16. The lowest BCUT2D eigenvalue weighted by Gasteiger charge is -2.42. The van der Waals surface area contributed by atoms with E-state index in [1.54, 1.807) is 24.3 Å². The molecule has 0 aliphatic carbocycles. The minimum Gasteiger partial charge on any atom is -0.497 e. The molecule has 2 rings (SSSR count). The Kier molecular flexibility index (Phi) is 5.78. The molecule has 0 aromatic heterocycles. The number of hydrogen-bond acceptors (Lipinski definition) is 7. The molecule has 1 fully saturated rings. The molecule has 0 unspecified atom stereocenters. The molecule has 128 valence electrons. The van der Waals surface area contributed by atoms with Crippen molar-refractivity contribution in [3.8, 4) is 11.5 Å². The molecule has 5 atom stereocenters. The molecule has 1 heterocycles. The second-order valence-electron chi connectivity index (χ2n) is 5.23. The lowest BCUT2D eigenvalue weighted by molar-refractivity contribution is -0.244. The molecule has 1 aliphatic heterocycles. The van der Waals surface area contributed by atoms with Crippen LogP contribution in [0.25, 0.3) is 0 Å². The van der Waals surface area contributed by atoms with Crippen LogP contribution in [0.15, 0.2) is 24.3 Å². The van der Waals surface area contributed by atoms with E-state index in [-0.39, 0.29) is 0 Å². The second kappa shape index (κ2) is 7.60. The Morgan fingerprint density at radius 1 is 1.22 bits per heavy atom.